The Morgan fingerprint density at radius 1 is 1.17 bits per heavy atom. The van der Waals surface area contributed by atoms with Crippen LogP contribution < -0.4 is 0 Å². The van der Waals surface area contributed by atoms with Crippen LogP contribution in [0.2, 0.25) is 0 Å². The van der Waals surface area contributed by atoms with Crippen molar-refractivity contribution in [3.8, 4) is 0 Å². The van der Waals surface area contributed by atoms with E-state index in [9.17, 15) is 4.79 Å². The van der Waals surface area contributed by atoms with Crippen LogP contribution in [0.4, 0.5) is 0 Å². The lowest BCUT2D eigenvalue weighted by Gasteiger charge is -2.32. The Kier molecular flexibility index (Phi) is 3.54. The topological polar surface area (TPSA) is 23.6 Å². The van der Waals surface area contributed by atoms with Gasteiger partial charge in [-0.2, -0.15) is 0 Å². The maximum Gasteiger partial charge on any atom is 0.226 e. The summed E-state index contributed by atoms with van der Waals surface area (Å²) in [6.45, 7) is 12.5. The molecule has 1 heterocycles. The first-order valence-electron chi connectivity index (χ1n) is 6.96. The lowest BCUT2D eigenvalue weighted by atomic mass is 10.1. The zero-order valence-electron chi connectivity index (χ0n) is 12.4. The minimum Gasteiger partial charge on any atom is -0.340 e. The Bertz CT molecular complexity index is 361. The number of carbonyl (C=O) groups excluding carboxylic acids is 1. The molecule has 0 aromatic heterocycles. The maximum absolute atomic E-state index is 12.6. The van der Waals surface area contributed by atoms with Crippen molar-refractivity contribution in [2.75, 3.05) is 33.2 Å². The van der Waals surface area contributed by atoms with Crippen molar-refractivity contribution in [1.29, 1.82) is 0 Å². The number of nitrogens with zero attached hydrogens (tertiary/aromatic N) is 2. The van der Waals surface area contributed by atoms with Crippen LogP contribution in [-0.2, 0) is 4.79 Å². The molecule has 3 nitrogen and oxygen atoms in total. The van der Waals surface area contributed by atoms with Crippen molar-refractivity contribution >= 4 is 5.91 Å². The molecule has 1 amide bonds. The second kappa shape index (κ2) is 4.69. The molecule has 0 spiro atoms. The fourth-order valence-corrected chi connectivity index (χ4v) is 3.04. The average molecular weight is 250 g/mol. The third-order valence-corrected chi connectivity index (χ3v) is 4.50. The van der Waals surface area contributed by atoms with Crippen LogP contribution in [0, 0.1) is 17.3 Å². The van der Waals surface area contributed by atoms with Gasteiger partial charge in [0.25, 0.3) is 0 Å². The molecule has 0 bridgehead atoms. The Labute approximate surface area is 111 Å². The molecule has 18 heavy (non-hydrogen) atoms. The Balaban J connectivity index is 2.00. The highest BCUT2D eigenvalue weighted by molar-refractivity contribution is 5.84. The van der Waals surface area contributed by atoms with E-state index < -0.39 is 0 Å². The van der Waals surface area contributed by atoms with Crippen molar-refractivity contribution in [3.05, 3.63) is 11.6 Å². The Morgan fingerprint density at radius 3 is 2.22 bits per heavy atom. The van der Waals surface area contributed by atoms with Gasteiger partial charge in [0.1, 0.15) is 0 Å². The summed E-state index contributed by atoms with van der Waals surface area (Å²) < 4.78 is 0. The number of amides is 1. The van der Waals surface area contributed by atoms with Gasteiger partial charge < -0.3 is 9.80 Å². The highest BCUT2D eigenvalue weighted by Crippen LogP contribution is 2.60. The molecular formula is C15H26N2O. The minimum absolute atomic E-state index is 0.150. The Morgan fingerprint density at radius 2 is 1.72 bits per heavy atom. The van der Waals surface area contributed by atoms with E-state index in [0.717, 1.165) is 26.2 Å². The van der Waals surface area contributed by atoms with Crippen molar-refractivity contribution in [3.63, 3.8) is 0 Å². The van der Waals surface area contributed by atoms with E-state index in [0.29, 0.717) is 11.8 Å². The van der Waals surface area contributed by atoms with Crippen molar-refractivity contribution in [1.82, 2.24) is 9.80 Å². The molecule has 2 atom stereocenters. The van der Waals surface area contributed by atoms with Crippen LogP contribution in [-0.4, -0.2) is 48.9 Å². The lowest BCUT2D eigenvalue weighted by molar-refractivity contribution is -0.135. The summed E-state index contributed by atoms with van der Waals surface area (Å²) in [5, 5.41) is 0. The normalized spacial score (nSPS) is 31.1. The SMILES string of the molecule is CC(C)=CC1C(C(=O)N2CCN(C)CC2)C1(C)C. The van der Waals surface area contributed by atoms with Gasteiger partial charge in [-0.25, -0.2) is 0 Å². The predicted molar refractivity (Wildman–Crippen MR) is 74.3 cm³/mol. The minimum atomic E-state index is 0.150. The van der Waals surface area contributed by atoms with Crippen LogP contribution in [0.25, 0.3) is 0 Å². The average Bonchev–Trinajstić information content (AvgIpc) is 2.79. The molecule has 1 saturated heterocycles. The molecule has 2 rings (SSSR count). The molecule has 0 radical (unpaired) electrons. The van der Waals surface area contributed by atoms with E-state index >= 15 is 0 Å². The summed E-state index contributed by atoms with van der Waals surface area (Å²) >= 11 is 0. The van der Waals surface area contributed by atoms with E-state index in [2.05, 4.69) is 50.6 Å². The quantitative estimate of drug-likeness (QED) is 0.700. The van der Waals surface area contributed by atoms with Gasteiger partial charge in [0.05, 0.1) is 5.92 Å². The molecule has 2 unspecified atom stereocenters. The number of allylic oxidation sites excluding steroid dienone is 2. The van der Waals surface area contributed by atoms with Gasteiger partial charge in [-0.15, -0.1) is 0 Å². The maximum atomic E-state index is 12.6. The third-order valence-electron chi connectivity index (χ3n) is 4.50. The molecule has 2 fully saturated rings. The molecule has 1 saturated carbocycles. The zero-order chi connectivity index (χ0) is 13.5. The number of hydrogen-bond acceptors (Lipinski definition) is 2. The van der Waals surface area contributed by atoms with E-state index in [1.54, 1.807) is 0 Å². The van der Waals surface area contributed by atoms with Crippen LogP contribution in [0.5, 0.6) is 0 Å². The molecule has 102 valence electrons. The first-order valence-corrected chi connectivity index (χ1v) is 6.96. The largest absolute Gasteiger partial charge is 0.340 e. The Hall–Kier alpha value is -0.830. The monoisotopic (exact) mass is 250 g/mol. The summed E-state index contributed by atoms with van der Waals surface area (Å²) in [7, 11) is 2.12. The van der Waals surface area contributed by atoms with Gasteiger partial charge in [-0.1, -0.05) is 25.5 Å². The number of carbonyl (C=O) groups is 1. The predicted octanol–water partition coefficient (Wildman–Crippen LogP) is 2.00. The van der Waals surface area contributed by atoms with Gasteiger partial charge in [-0.05, 0) is 32.2 Å². The molecule has 2 aliphatic rings. The highest BCUT2D eigenvalue weighted by atomic mass is 16.2. The fraction of sp³-hybridized carbons (Fsp3) is 0.800. The molecule has 1 aliphatic heterocycles. The number of rotatable bonds is 2. The number of likely N-dealkylation sites (N-methyl/N-ethyl adjacent to an activating group) is 1. The van der Waals surface area contributed by atoms with Gasteiger partial charge in [0.15, 0.2) is 0 Å². The zero-order valence-corrected chi connectivity index (χ0v) is 12.4. The van der Waals surface area contributed by atoms with Crippen LogP contribution in [0.3, 0.4) is 0 Å². The van der Waals surface area contributed by atoms with E-state index in [1.165, 1.54) is 5.57 Å². The van der Waals surface area contributed by atoms with Gasteiger partial charge >= 0.3 is 0 Å². The second-order valence-corrected chi connectivity index (χ2v) is 6.70. The summed E-state index contributed by atoms with van der Waals surface area (Å²) in [5.74, 6) is 1.01. The first-order chi connectivity index (χ1) is 8.34. The van der Waals surface area contributed by atoms with Gasteiger partial charge in [-0.3, -0.25) is 4.79 Å². The first kappa shape index (κ1) is 13.6. The van der Waals surface area contributed by atoms with Crippen molar-refractivity contribution in [2.45, 2.75) is 27.7 Å². The summed E-state index contributed by atoms with van der Waals surface area (Å²) in [4.78, 5) is 16.9. The third kappa shape index (κ3) is 2.46. The smallest absolute Gasteiger partial charge is 0.226 e. The van der Waals surface area contributed by atoms with Gasteiger partial charge in [0.2, 0.25) is 5.91 Å². The van der Waals surface area contributed by atoms with Gasteiger partial charge in [0, 0.05) is 26.2 Å². The molecule has 0 aromatic rings. The summed E-state index contributed by atoms with van der Waals surface area (Å²) in [6, 6.07) is 0. The summed E-state index contributed by atoms with van der Waals surface area (Å²) in [6.07, 6.45) is 2.28. The van der Waals surface area contributed by atoms with Crippen LogP contribution in [0.15, 0.2) is 11.6 Å². The van der Waals surface area contributed by atoms with E-state index in [1.807, 2.05) is 0 Å². The molecule has 0 aromatic carbocycles. The van der Waals surface area contributed by atoms with E-state index in [-0.39, 0.29) is 11.3 Å². The molecule has 0 N–H and O–H groups in total. The number of hydrogen-bond donors (Lipinski definition) is 0. The second-order valence-electron chi connectivity index (χ2n) is 6.70. The van der Waals surface area contributed by atoms with E-state index in [4.69, 9.17) is 0 Å². The summed E-state index contributed by atoms with van der Waals surface area (Å²) in [5.41, 5.74) is 1.47. The van der Waals surface area contributed by atoms with Crippen LogP contribution >= 0.6 is 0 Å². The standard InChI is InChI=1S/C15H26N2O/c1-11(2)10-12-13(15(12,3)4)14(18)17-8-6-16(5)7-9-17/h10,12-13H,6-9H2,1-5H3. The molecule has 3 heteroatoms. The lowest BCUT2D eigenvalue weighted by Crippen LogP contribution is -2.48. The molecular weight excluding hydrogens is 224 g/mol. The fourth-order valence-electron chi connectivity index (χ4n) is 3.04. The molecule has 1 aliphatic carbocycles. The number of piperazine rings is 1. The highest BCUT2D eigenvalue weighted by Gasteiger charge is 2.61. The van der Waals surface area contributed by atoms with Crippen molar-refractivity contribution in [2.24, 2.45) is 17.3 Å². The van der Waals surface area contributed by atoms with Crippen molar-refractivity contribution < 1.29 is 4.79 Å². The van der Waals surface area contributed by atoms with Crippen LogP contribution in [0.1, 0.15) is 27.7 Å².